The van der Waals surface area contributed by atoms with Crippen molar-refractivity contribution < 1.29 is 9.50 Å². The Morgan fingerprint density at radius 2 is 1.86 bits per heavy atom. The van der Waals surface area contributed by atoms with Gasteiger partial charge in [0.15, 0.2) is 5.82 Å². The summed E-state index contributed by atoms with van der Waals surface area (Å²) in [5.41, 5.74) is 1.75. The molecule has 1 saturated carbocycles. The smallest absolute Gasteiger partial charge is 0.180 e. The van der Waals surface area contributed by atoms with Crippen LogP contribution in [0.2, 0.25) is 0 Å². The fourth-order valence-electron chi connectivity index (χ4n) is 3.79. The van der Waals surface area contributed by atoms with E-state index in [1.807, 2.05) is 20.3 Å². The van der Waals surface area contributed by atoms with Crippen molar-refractivity contribution in [3.8, 4) is 22.8 Å². The summed E-state index contributed by atoms with van der Waals surface area (Å²) in [6.07, 6.45) is 6.70. The Morgan fingerprint density at radius 1 is 1.14 bits per heavy atom. The monoisotopic (exact) mass is 381 g/mol. The van der Waals surface area contributed by atoms with Gasteiger partial charge in [-0.25, -0.2) is 19.3 Å². The average Bonchev–Trinajstić information content (AvgIpc) is 3.13. The summed E-state index contributed by atoms with van der Waals surface area (Å²) in [6, 6.07) is 8.32. The van der Waals surface area contributed by atoms with Crippen LogP contribution in [-0.2, 0) is 0 Å². The molecule has 1 aliphatic rings. The van der Waals surface area contributed by atoms with Gasteiger partial charge in [-0.3, -0.25) is 0 Å². The number of halogens is 1. The lowest BCUT2D eigenvalue weighted by Crippen LogP contribution is -2.31. The summed E-state index contributed by atoms with van der Waals surface area (Å²) >= 11 is 0. The molecule has 7 heteroatoms. The molecule has 0 amide bonds. The predicted molar refractivity (Wildman–Crippen MR) is 106 cm³/mol. The van der Waals surface area contributed by atoms with Crippen LogP contribution in [0.5, 0.6) is 0 Å². The van der Waals surface area contributed by atoms with E-state index in [1.54, 1.807) is 24.4 Å². The van der Waals surface area contributed by atoms with E-state index in [4.69, 9.17) is 0 Å². The van der Waals surface area contributed by atoms with Gasteiger partial charge >= 0.3 is 0 Å². The lowest BCUT2D eigenvalue weighted by molar-refractivity contribution is 0.0101. The normalized spacial score (nSPS) is 22.2. The van der Waals surface area contributed by atoms with Gasteiger partial charge in [-0.15, -0.1) is 0 Å². The fraction of sp³-hybridized carbons (Fsp3) is 0.381. The van der Waals surface area contributed by atoms with Gasteiger partial charge in [0.05, 0.1) is 17.6 Å². The minimum absolute atomic E-state index is 0.207. The number of nitrogens with zero attached hydrogens (tertiary/aromatic N) is 4. The van der Waals surface area contributed by atoms with Crippen molar-refractivity contribution in [3.05, 3.63) is 48.7 Å². The maximum atomic E-state index is 13.4. The standard InChI is InChI=1S/C21H24FN5O/c1-21(28)10-7-16(8-11-21)27-13-25-18(14-3-5-15(22)6-4-14)19(27)20-24-12-9-17(23-2)26-20/h3-6,9,12-13,16,28H,7-8,10-11H2,1-2H3,(H,23,24,26). The van der Waals surface area contributed by atoms with E-state index in [0.717, 1.165) is 48.5 Å². The number of nitrogens with one attached hydrogen (secondary N) is 1. The van der Waals surface area contributed by atoms with Crippen LogP contribution in [0.1, 0.15) is 38.6 Å². The zero-order chi connectivity index (χ0) is 19.7. The van der Waals surface area contributed by atoms with Gasteiger partial charge in [0, 0.05) is 24.8 Å². The molecular formula is C21H24FN5O. The first-order valence-corrected chi connectivity index (χ1v) is 9.53. The van der Waals surface area contributed by atoms with E-state index in [0.29, 0.717) is 5.82 Å². The molecule has 4 rings (SSSR count). The first-order valence-electron chi connectivity index (χ1n) is 9.53. The summed E-state index contributed by atoms with van der Waals surface area (Å²) in [7, 11) is 1.81. The first-order chi connectivity index (χ1) is 13.5. The van der Waals surface area contributed by atoms with Crippen molar-refractivity contribution in [3.63, 3.8) is 0 Å². The topological polar surface area (TPSA) is 75.9 Å². The van der Waals surface area contributed by atoms with Crippen LogP contribution in [0.25, 0.3) is 22.8 Å². The second-order valence-corrected chi connectivity index (χ2v) is 7.60. The summed E-state index contributed by atoms with van der Waals surface area (Å²) < 4.78 is 15.5. The number of aliphatic hydroxyl groups is 1. The van der Waals surface area contributed by atoms with Crippen molar-refractivity contribution in [2.24, 2.45) is 0 Å². The molecule has 2 N–H and O–H groups in total. The molecule has 0 aliphatic heterocycles. The van der Waals surface area contributed by atoms with Crippen LogP contribution in [0.3, 0.4) is 0 Å². The SMILES string of the molecule is CNc1ccnc(-c2c(-c3ccc(F)cc3)ncn2C2CCC(C)(O)CC2)n1. The number of hydrogen-bond donors (Lipinski definition) is 2. The second kappa shape index (κ2) is 7.31. The van der Waals surface area contributed by atoms with Gasteiger partial charge in [-0.1, -0.05) is 0 Å². The zero-order valence-corrected chi connectivity index (χ0v) is 16.1. The van der Waals surface area contributed by atoms with Crippen molar-refractivity contribution >= 4 is 5.82 Å². The number of aromatic nitrogens is 4. The molecule has 0 saturated heterocycles. The van der Waals surface area contributed by atoms with Crippen LogP contribution in [0, 0.1) is 5.82 Å². The summed E-state index contributed by atoms with van der Waals surface area (Å²) in [6.45, 7) is 1.89. The predicted octanol–water partition coefficient (Wildman–Crippen LogP) is 4.05. The average molecular weight is 381 g/mol. The molecule has 0 atom stereocenters. The third kappa shape index (κ3) is 3.62. The van der Waals surface area contributed by atoms with Crippen LogP contribution in [-0.4, -0.2) is 37.3 Å². The molecular weight excluding hydrogens is 357 g/mol. The van der Waals surface area contributed by atoms with Crippen molar-refractivity contribution in [1.82, 2.24) is 19.5 Å². The molecule has 146 valence electrons. The maximum Gasteiger partial charge on any atom is 0.180 e. The molecule has 0 radical (unpaired) electrons. The van der Waals surface area contributed by atoms with E-state index < -0.39 is 5.60 Å². The quantitative estimate of drug-likeness (QED) is 0.713. The van der Waals surface area contributed by atoms with Gasteiger partial charge in [0.25, 0.3) is 0 Å². The summed E-state index contributed by atoms with van der Waals surface area (Å²) in [5, 5.41) is 13.4. The summed E-state index contributed by atoms with van der Waals surface area (Å²) in [5.74, 6) is 1.00. The minimum atomic E-state index is -0.612. The van der Waals surface area contributed by atoms with Crippen LogP contribution in [0.15, 0.2) is 42.9 Å². The highest BCUT2D eigenvalue weighted by Gasteiger charge is 2.31. The van der Waals surface area contributed by atoms with E-state index >= 15 is 0 Å². The Labute approximate surface area is 163 Å². The lowest BCUT2D eigenvalue weighted by atomic mass is 9.83. The number of benzene rings is 1. The lowest BCUT2D eigenvalue weighted by Gasteiger charge is -2.34. The van der Waals surface area contributed by atoms with Gasteiger partial charge < -0.3 is 15.0 Å². The Bertz CT molecular complexity index is 957. The van der Waals surface area contributed by atoms with Crippen LogP contribution >= 0.6 is 0 Å². The van der Waals surface area contributed by atoms with Gasteiger partial charge in [0.2, 0.25) is 0 Å². The van der Waals surface area contributed by atoms with Crippen LogP contribution < -0.4 is 5.32 Å². The zero-order valence-electron chi connectivity index (χ0n) is 16.1. The van der Waals surface area contributed by atoms with Gasteiger partial charge in [0.1, 0.15) is 17.3 Å². The highest BCUT2D eigenvalue weighted by Crippen LogP contribution is 2.39. The molecule has 3 aromatic rings. The third-order valence-electron chi connectivity index (χ3n) is 5.46. The first kappa shape index (κ1) is 18.6. The second-order valence-electron chi connectivity index (χ2n) is 7.60. The molecule has 2 heterocycles. The Balaban J connectivity index is 1.81. The molecule has 1 fully saturated rings. The van der Waals surface area contributed by atoms with E-state index in [9.17, 15) is 9.50 Å². The molecule has 0 bridgehead atoms. The van der Waals surface area contributed by atoms with E-state index in [1.165, 1.54) is 12.1 Å². The molecule has 6 nitrogen and oxygen atoms in total. The Kier molecular flexibility index (Phi) is 4.85. The van der Waals surface area contributed by atoms with Crippen molar-refractivity contribution in [2.75, 3.05) is 12.4 Å². The minimum Gasteiger partial charge on any atom is -0.390 e. The molecule has 1 aliphatic carbocycles. The van der Waals surface area contributed by atoms with E-state index in [-0.39, 0.29) is 11.9 Å². The van der Waals surface area contributed by atoms with Crippen molar-refractivity contribution in [2.45, 2.75) is 44.2 Å². The number of imidazole rings is 1. The molecule has 2 aromatic heterocycles. The highest BCUT2D eigenvalue weighted by atomic mass is 19.1. The molecule has 1 aromatic carbocycles. The van der Waals surface area contributed by atoms with Crippen molar-refractivity contribution in [1.29, 1.82) is 0 Å². The van der Waals surface area contributed by atoms with E-state index in [2.05, 4.69) is 24.8 Å². The fourth-order valence-corrected chi connectivity index (χ4v) is 3.79. The maximum absolute atomic E-state index is 13.4. The Hall–Kier alpha value is -2.80. The third-order valence-corrected chi connectivity index (χ3v) is 5.46. The summed E-state index contributed by atoms with van der Waals surface area (Å²) in [4.78, 5) is 13.7. The highest BCUT2D eigenvalue weighted by molar-refractivity contribution is 5.75. The molecule has 28 heavy (non-hydrogen) atoms. The van der Waals surface area contributed by atoms with Gasteiger partial charge in [-0.2, -0.15) is 0 Å². The Morgan fingerprint density at radius 3 is 2.54 bits per heavy atom. The van der Waals surface area contributed by atoms with Gasteiger partial charge in [-0.05, 0) is 62.9 Å². The number of anilines is 1. The molecule has 0 spiro atoms. The van der Waals surface area contributed by atoms with Crippen LogP contribution in [0.4, 0.5) is 10.2 Å². The number of hydrogen-bond acceptors (Lipinski definition) is 5. The molecule has 0 unspecified atom stereocenters. The number of rotatable bonds is 4. The largest absolute Gasteiger partial charge is 0.390 e.